The maximum atomic E-state index is 6.01. The summed E-state index contributed by atoms with van der Waals surface area (Å²) in [7, 11) is 0. The number of fused-ring (bicyclic) bond motifs is 1. The maximum absolute atomic E-state index is 6.01. The van der Waals surface area contributed by atoms with E-state index in [1.54, 1.807) is 0 Å². The van der Waals surface area contributed by atoms with Crippen LogP contribution in [-0.4, -0.2) is 14.6 Å². The summed E-state index contributed by atoms with van der Waals surface area (Å²) in [6, 6.07) is 19.9. The fourth-order valence-corrected chi connectivity index (χ4v) is 3.06. The Kier molecular flexibility index (Phi) is 4.36. The Balaban J connectivity index is 1.89. The van der Waals surface area contributed by atoms with Crippen LogP contribution in [0, 0.1) is 0 Å². The highest BCUT2D eigenvalue weighted by Gasteiger charge is 2.20. The van der Waals surface area contributed by atoms with Gasteiger partial charge in [0.15, 0.2) is 5.65 Å². The molecule has 0 aliphatic carbocycles. The lowest BCUT2D eigenvalue weighted by Crippen LogP contribution is -2.16. The Bertz CT molecular complexity index is 1080. The van der Waals surface area contributed by atoms with Gasteiger partial charge in [-0.3, -0.25) is 0 Å². The largest absolute Gasteiger partial charge is 0.340 e. The van der Waals surface area contributed by atoms with E-state index in [9.17, 15) is 0 Å². The maximum Gasteiger partial charge on any atom is 0.165 e. The number of anilines is 2. The second kappa shape index (κ2) is 6.71. The standard InChI is InChI=1S/C22H21ClN4/c1-22(2,3)19-13-20(25-17-11-9-16(23)10-12-17)27-21(26-19)18(14-24-27)15-7-5-4-6-8-15/h4-14,25H,1-3H3. The van der Waals surface area contributed by atoms with Gasteiger partial charge in [-0.1, -0.05) is 62.7 Å². The molecule has 1 N–H and O–H groups in total. The lowest BCUT2D eigenvalue weighted by atomic mass is 9.92. The molecule has 136 valence electrons. The van der Waals surface area contributed by atoms with Crippen molar-refractivity contribution in [3.63, 3.8) is 0 Å². The summed E-state index contributed by atoms with van der Waals surface area (Å²) in [5.74, 6) is 0.870. The summed E-state index contributed by atoms with van der Waals surface area (Å²) in [6.07, 6.45) is 1.87. The molecule has 0 radical (unpaired) electrons. The molecule has 2 heterocycles. The molecule has 0 amide bonds. The molecule has 4 nitrogen and oxygen atoms in total. The molecule has 0 fully saturated rings. The average Bonchev–Trinajstić information content (AvgIpc) is 3.08. The number of rotatable bonds is 3. The van der Waals surface area contributed by atoms with Crippen molar-refractivity contribution in [3.05, 3.63) is 77.6 Å². The summed E-state index contributed by atoms with van der Waals surface area (Å²) >= 11 is 6.01. The molecule has 4 rings (SSSR count). The molecule has 0 spiro atoms. The van der Waals surface area contributed by atoms with Gasteiger partial charge in [0, 0.05) is 27.8 Å². The zero-order chi connectivity index (χ0) is 19.0. The van der Waals surface area contributed by atoms with E-state index in [1.165, 1.54) is 0 Å². The van der Waals surface area contributed by atoms with Gasteiger partial charge in [0.25, 0.3) is 0 Å². The Labute approximate surface area is 163 Å². The number of aromatic nitrogens is 3. The van der Waals surface area contributed by atoms with Crippen LogP contribution in [0.3, 0.4) is 0 Å². The Hall–Kier alpha value is -2.85. The number of nitrogens with zero attached hydrogens (tertiary/aromatic N) is 3. The van der Waals surface area contributed by atoms with Gasteiger partial charge >= 0.3 is 0 Å². The van der Waals surface area contributed by atoms with Crippen molar-refractivity contribution < 1.29 is 0 Å². The molecule has 0 aliphatic rings. The predicted octanol–water partition coefficient (Wildman–Crippen LogP) is 6.09. The molecule has 27 heavy (non-hydrogen) atoms. The molecule has 0 unspecified atom stereocenters. The first kappa shape index (κ1) is 17.6. The summed E-state index contributed by atoms with van der Waals surface area (Å²) in [4.78, 5) is 4.94. The van der Waals surface area contributed by atoms with Crippen LogP contribution in [0.15, 0.2) is 66.9 Å². The Morgan fingerprint density at radius 1 is 0.963 bits per heavy atom. The molecule has 5 heteroatoms. The van der Waals surface area contributed by atoms with Crippen LogP contribution >= 0.6 is 11.6 Å². The number of nitrogens with one attached hydrogen (secondary N) is 1. The lowest BCUT2D eigenvalue weighted by molar-refractivity contribution is 0.569. The topological polar surface area (TPSA) is 42.2 Å². The van der Waals surface area contributed by atoms with Crippen molar-refractivity contribution in [1.82, 2.24) is 14.6 Å². The lowest BCUT2D eigenvalue weighted by Gasteiger charge is -2.20. The molecule has 2 aromatic heterocycles. The van der Waals surface area contributed by atoms with Crippen LogP contribution in [0.5, 0.6) is 0 Å². The van der Waals surface area contributed by atoms with Crippen LogP contribution in [0.1, 0.15) is 26.5 Å². The van der Waals surface area contributed by atoms with Gasteiger partial charge in [-0.25, -0.2) is 4.98 Å². The highest BCUT2D eigenvalue weighted by atomic mass is 35.5. The molecule has 0 saturated heterocycles. The Morgan fingerprint density at radius 3 is 2.33 bits per heavy atom. The van der Waals surface area contributed by atoms with Gasteiger partial charge in [-0.15, -0.1) is 0 Å². The molecule has 0 aliphatic heterocycles. The summed E-state index contributed by atoms with van der Waals surface area (Å²) in [6.45, 7) is 6.49. The van der Waals surface area contributed by atoms with E-state index in [0.717, 1.165) is 34.0 Å². The third-order valence-corrected chi connectivity index (χ3v) is 4.69. The molecular formula is C22H21ClN4. The van der Waals surface area contributed by atoms with Gasteiger partial charge in [-0.05, 0) is 29.8 Å². The normalized spacial score (nSPS) is 11.7. The van der Waals surface area contributed by atoms with Gasteiger partial charge in [0.05, 0.1) is 11.9 Å². The monoisotopic (exact) mass is 376 g/mol. The Morgan fingerprint density at radius 2 is 1.67 bits per heavy atom. The van der Waals surface area contributed by atoms with E-state index in [-0.39, 0.29) is 5.41 Å². The SMILES string of the molecule is CC(C)(C)c1cc(Nc2ccc(Cl)cc2)n2ncc(-c3ccccc3)c2n1. The second-order valence-corrected chi connectivity index (χ2v) is 8.00. The fraction of sp³-hybridized carbons (Fsp3) is 0.182. The van der Waals surface area contributed by atoms with E-state index in [0.29, 0.717) is 5.02 Å². The molecule has 0 atom stereocenters. The van der Waals surface area contributed by atoms with Gasteiger partial charge in [-0.2, -0.15) is 9.61 Å². The van der Waals surface area contributed by atoms with Gasteiger partial charge < -0.3 is 5.32 Å². The minimum atomic E-state index is -0.0869. The third kappa shape index (κ3) is 3.53. The van der Waals surface area contributed by atoms with Crippen molar-refractivity contribution in [2.45, 2.75) is 26.2 Å². The average molecular weight is 377 g/mol. The fourth-order valence-electron chi connectivity index (χ4n) is 2.94. The molecule has 2 aromatic carbocycles. The zero-order valence-electron chi connectivity index (χ0n) is 15.6. The number of hydrogen-bond acceptors (Lipinski definition) is 3. The van der Waals surface area contributed by atoms with Crippen molar-refractivity contribution in [2.24, 2.45) is 0 Å². The van der Waals surface area contributed by atoms with Crippen molar-refractivity contribution >= 4 is 28.8 Å². The van der Waals surface area contributed by atoms with E-state index < -0.39 is 0 Å². The first-order chi connectivity index (χ1) is 12.9. The number of benzene rings is 2. The first-order valence-corrected chi connectivity index (χ1v) is 9.27. The van der Waals surface area contributed by atoms with Crippen molar-refractivity contribution in [3.8, 4) is 11.1 Å². The third-order valence-electron chi connectivity index (χ3n) is 4.44. The highest BCUT2D eigenvalue weighted by Crippen LogP contribution is 2.30. The second-order valence-electron chi connectivity index (χ2n) is 7.57. The van der Waals surface area contributed by atoms with Crippen LogP contribution in [-0.2, 0) is 5.41 Å². The summed E-state index contributed by atoms with van der Waals surface area (Å²) < 4.78 is 1.85. The molecule has 4 aromatic rings. The van der Waals surface area contributed by atoms with Gasteiger partial charge in [0.2, 0.25) is 0 Å². The quantitative estimate of drug-likeness (QED) is 0.470. The van der Waals surface area contributed by atoms with E-state index in [2.05, 4.69) is 49.4 Å². The van der Waals surface area contributed by atoms with E-state index >= 15 is 0 Å². The molecule has 0 bridgehead atoms. The summed E-state index contributed by atoms with van der Waals surface area (Å²) in [5.41, 5.74) is 4.82. The highest BCUT2D eigenvalue weighted by molar-refractivity contribution is 6.30. The van der Waals surface area contributed by atoms with Crippen LogP contribution in [0.2, 0.25) is 5.02 Å². The smallest absolute Gasteiger partial charge is 0.165 e. The molecule has 0 saturated carbocycles. The van der Waals surface area contributed by atoms with Crippen LogP contribution < -0.4 is 5.32 Å². The van der Waals surface area contributed by atoms with Crippen LogP contribution in [0.25, 0.3) is 16.8 Å². The predicted molar refractivity (Wildman–Crippen MR) is 112 cm³/mol. The van der Waals surface area contributed by atoms with Crippen molar-refractivity contribution in [1.29, 1.82) is 0 Å². The number of halogens is 1. The van der Waals surface area contributed by atoms with Crippen molar-refractivity contribution in [2.75, 3.05) is 5.32 Å². The minimum absolute atomic E-state index is 0.0869. The summed E-state index contributed by atoms with van der Waals surface area (Å²) in [5, 5.41) is 8.76. The van der Waals surface area contributed by atoms with E-state index in [1.807, 2.05) is 53.2 Å². The first-order valence-electron chi connectivity index (χ1n) is 8.89. The minimum Gasteiger partial charge on any atom is -0.340 e. The zero-order valence-corrected chi connectivity index (χ0v) is 16.3. The van der Waals surface area contributed by atoms with Crippen LogP contribution in [0.4, 0.5) is 11.5 Å². The molecular weight excluding hydrogens is 356 g/mol. The number of hydrogen-bond donors (Lipinski definition) is 1. The van der Waals surface area contributed by atoms with E-state index in [4.69, 9.17) is 16.6 Å². The van der Waals surface area contributed by atoms with Gasteiger partial charge in [0.1, 0.15) is 5.82 Å².